The van der Waals surface area contributed by atoms with E-state index in [0.29, 0.717) is 16.2 Å². The minimum Gasteiger partial charge on any atom is -0.293 e. The molecular weight excluding hydrogens is 432 g/mol. The molecule has 0 N–H and O–H groups in total. The van der Waals surface area contributed by atoms with Gasteiger partial charge in [-0.2, -0.15) is 0 Å². The van der Waals surface area contributed by atoms with Crippen LogP contribution in [0.4, 0.5) is 0 Å². The minimum atomic E-state index is 0.0599. The van der Waals surface area contributed by atoms with E-state index in [4.69, 9.17) is 0 Å². The molecule has 0 spiro atoms. The van der Waals surface area contributed by atoms with Crippen LogP contribution in [0.2, 0.25) is 0 Å². The number of rotatable bonds is 5. The van der Waals surface area contributed by atoms with Gasteiger partial charge >= 0.3 is 0 Å². The van der Waals surface area contributed by atoms with Gasteiger partial charge < -0.3 is 0 Å². The largest absolute Gasteiger partial charge is 0.293 e. The van der Waals surface area contributed by atoms with E-state index in [2.05, 4.69) is 31.9 Å². The molecule has 4 heteroatoms. The van der Waals surface area contributed by atoms with E-state index in [0.717, 1.165) is 27.5 Å². The lowest BCUT2D eigenvalue weighted by atomic mass is 9.94. The number of hydrogen-bond acceptors (Lipinski definition) is 2. The highest BCUT2D eigenvalue weighted by atomic mass is 79.9. The summed E-state index contributed by atoms with van der Waals surface area (Å²) in [5.41, 5.74) is 3.48. The fourth-order valence-corrected chi connectivity index (χ4v) is 3.42. The monoisotopic (exact) mass is 444 g/mol. The van der Waals surface area contributed by atoms with Crippen molar-refractivity contribution in [2.45, 2.75) is 0 Å². The molecule has 0 saturated carbocycles. The molecule has 0 fully saturated rings. The second-order valence-electron chi connectivity index (χ2n) is 5.40. The lowest BCUT2D eigenvalue weighted by molar-refractivity contribution is 0.101. The number of ketones is 2. The van der Waals surface area contributed by atoms with Crippen LogP contribution in [0.5, 0.6) is 0 Å². The Labute approximate surface area is 157 Å². The van der Waals surface area contributed by atoms with E-state index in [1.165, 1.54) is 0 Å². The summed E-state index contributed by atoms with van der Waals surface area (Å²) in [6.45, 7) is 0. The summed E-state index contributed by atoms with van der Waals surface area (Å²) in [5, 5.41) is 2.60. The molecule has 24 heavy (non-hydrogen) atoms. The van der Waals surface area contributed by atoms with Crippen molar-refractivity contribution in [2.75, 3.05) is 10.7 Å². The SMILES string of the molecule is O=C(CBr)c1ccc(-c2cccc3c(C(=O)CBr)cccc23)cc1. The molecule has 0 radical (unpaired) electrons. The standard InChI is InChI=1S/C20H14Br2O2/c21-11-19(23)14-9-7-13(8-10-14)15-3-1-5-17-16(15)4-2-6-18(17)20(24)12-22/h1-10H,11-12H2. The summed E-state index contributed by atoms with van der Waals surface area (Å²) in [6, 6.07) is 19.3. The Morgan fingerprint density at radius 1 is 0.708 bits per heavy atom. The summed E-state index contributed by atoms with van der Waals surface area (Å²) >= 11 is 6.43. The Kier molecular flexibility index (Phi) is 5.27. The number of carbonyl (C=O) groups excluding carboxylic acids is 2. The molecule has 0 bridgehead atoms. The van der Waals surface area contributed by atoms with Crippen molar-refractivity contribution in [2.24, 2.45) is 0 Å². The van der Waals surface area contributed by atoms with Crippen LogP contribution < -0.4 is 0 Å². The summed E-state index contributed by atoms with van der Waals surface area (Å²) in [7, 11) is 0. The number of hydrogen-bond donors (Lipinski definition) is 0. The summed E-state index contributed by atoms with van der Waals surface area (Å²) in [5.74, 6) is 0.126. The average molecular weight is 446 g/mol. The van der Waals surface area contributed by atoms with Gasteiger partial charge in [-0.1, -0.05) is 92.5 Å². The van der Waals surface area contributed by atoms with Crippen molar-refractivity contribution >= 4 is 54.2 Å². The summed E-state index contributed by atoms with van der Waals surface area (Å²) in [4.78, 5) is 23.9. The van der Waals surface area contributed by atoms with Crippen LogP contribution in [0, 0.1) is 0 Å². The smallest absolute Gasteiger partial charge is 0.173 e. The molecule has 3 aromatic rings. The third-order valence-corrected chi connectivity index (χ3v) is 5.00. The van der Waals surface area contributed by atoms with E-state index >= 15 is 0 Å². The number of carbonyl (C=O) groups is 2. The molecule has 3 aromatic carbocycles. The molecule has 2 nitrogen and oxygen atoms in total. The second kappa shape index (κ2) is 7.41. The first kappa shape index (κ1) is 17.1. The quantitative estimate of drug-likeness (QED) is 0.375. The summed E-state index contributed by atoms with van der Waals surface area (Å²) < 4.78 is 0. The van der Waals surface area contributed by atoms with E-state index in [1.54, 1.807) is 0 Å². The first-order valence-corrected chi connectivity index (χ1v) is 9.70. The van der Waals surface area contributed by atoms with Gasteiger partial charge in [-0.05, 0) is 21.9 Å². The maximum atomic E-state index is 12.1. The fourth-order valence-electron chi connectivity index (χ4n) is 2.79. The lowest BCUT2D eigenvalue weighted by Crippen LogP contribution is -2.01. The Bertz CT molecular complexity index is 915. The lowest BCUT2D eigenvalue weighted by Gasteiger charge is -2.10. The van der Waals surface area contributed by atoms with Crippen LogP contribution in [0.15, 0.2) is 60.7 Å². The fraction of sp³-hybridized carbons (Fsp3) is 0.100. The Morgan fingerprint density at radius 3 is 2.00 bits per heavy atom. The first-order valence-electron chi connectivity index (χ1n) is 7.46. The minimum absolute atomic E-state index is 0.0599. The van der Waals surface area contributed by atoms with Gasteiger partial charge in [-0.15, -0.1) is 0 Å². The first-order chi connectivity index (χ1) is 11.7. The zero-order chi connectivity index (χ0) is 17.1. The maximum Gasteiger partial charge on any atom is 0.173 e. The van der Waals surface area contributed by atoms with Crippen molar-refractivity contribution in [3.63, 3.8) is 0 Å². The molecule has 3 rings (SSSR count). The second-order valence-corrected chi connectivity index (χ2v) is 6.52. The maximum absolute atomic E-state index is 12.1. The zero-order valence-corrected chi connectivity index (χ0v) is 15.9. The highest BCUT2D eigenvalue weighted by Gasteiger charge is 2.12. The van der Waals surface area contributed by atoms with Crippen molar-refractivity contribution in [3.05, 3.63) is 71.8 Å². The van der Waals surface area contributed by atoms with Crippen molar-refractivity contribution in [1.29, 1.82) is 0 Å². The molecule has 0 aliphatic heterocycles. The van der Waals surface area contributed by atoms with Gasteiger partial charge in [0.05, 0.1) is 10.7 Å². The van der Waals surface area contributed by atoms with Gasteiger partial charge in [0.2, 0.25) is 0 Å². The summed E-state index contributed by atoms with van der Waals surface area (Å²) in [6.07, 6.45) is 0. The molecule has 0 aliphatic rings. The zero-order valence-electron chi connectivity index (χ0n) is 12.8. The highest BCUT2D eigenvalue weighted by Crippen LogP contribution is 2.31. The molecule has 0 amide bonds. The molecule has 0 saturated heterocycles. The van der Waals surface area contributed by atoms with Gasteiger partial charge in [-0.25, -0.2) is 0 Å². The third kappa shape index (κ3) is 3.21. The molecule has 0 atom stereocenters. The van der Waals surface area contributed by atoms with E-state index < -0.39 is 0 Å². The average Bonchev–Trinajstić information content (AvgIpc) is 2.66. The molecular formula is C20H14Br2O2. The van der Waals surface area contributed by atoms with Crippen LogP contribution in [0.3, 0.4) is 0 Å². The van der Waals surface area contributed by atoms with Crippen molar-refractivity contribution < 1.29 is 9.59 Å². The van der Waals surface area contributed by atoms with Gasteiger partial charge in [-0.3, -0.25) is 9.59 Å². The van der Waals surface area contributed by atoms with Crippen molar-refractivity contribution in [1.82, 2.24) is 0 Å². The van der Waals surface area contributed by atoms with E-state index in [-0.39, 0.29) is 11.6 Å². The van der Waals surface area contributed by atoms with Gasteiger partial charge in [0, 0.05) is 11.1 Å². The number of alkyl halides is 2. The van der Waals surface area contributed by atoms with E-state index in [9.17, 15) is 9.59 Å². The van der Waals surface area contributed by atoms with Crippen LogP contribution in [-0.2, 0) is 0 Å². The number of Topliss-reactive ketones (excluding diaryl/α,β-unsaturated/α-hetero) is 2. The molecule has 0 heterocycles. The van der Waals surface area contributed by atoms with Crippen LogP contribution in [-0.4, -0.2) is 22.2 Å². The molecule has 0 aliphatic carbocycles. The Hall–Kier alpha value is -1.78. The van der Waals surface area contributed by atoms with Gasteiger partial charge in [0.25, 0.3) is 0 Å². The number of benzene rings is 3. The Morgan fingerprint density at radius 2 is 1.33 bits per heavy atom. The molecule has 120 valence electrons. The number of halogens is 2. The van der Waals surface area contributed by atoms with Crippen LogP contribution >= 0.6 is 31.9 Å². The van der Waals surface area contributed by atoms with Gasteiger partial charge in [0.15, 0.2) is 11.6 Å². The van der Waals surface area contributed by atoms with E-state index in [1.807, 2.05) is 60.7 Å². The number of fused-ring (bicyclic) bond motifs is 1. The topological polar surface area (TPSA) is 34.1 Å². The highest BCUT2D eigenvalue weighted by molar-refractivity contribution is 9.09. The molecule has 0 unspecified atom stereocenters. The van der Waals surface area contributed by atoms with Gasteiger partial charge in [0.1, 0.15) is 0 Å². The van der Waals surface area contributed by atoms with Crippen molar-refractivity contribution in [3.8, 4) is 11.1 Å². The normalized spacial score (nSPS) is 10.8. The predicted molar refractivity (Wildman–Crippen MR) is 106 cm³/mol. The predicted octanol–water partition coefficient (Wildman–Crippen LogP) is 5.66. The third-order valence-electron chi connectivity index (χ3n) is 3.98. The van der Waals surface area contributed by atoms with Crippen LogP contribution in [0.25, 0.3) is 21.9 Å². The van der Waals surface area contributed by atoms with Crippen LogP contribution in [0.1, 0.15) is 20.7 Å². The Balaban J connectivity index is 2.13. The molecule has 0 aromatic heterocycles.